The molecule has 0 atom stereocenters. The minimum absolute atomic E-state index is 0.0839. The summed E-state index contributed by atoms with van der Waals surface area (Å²) in [4.78, 5) is 14.3. The predicted molar refractivity (Wildman–Crippen MR) is 52.8 cm³/mol. The molecule has 0 unspecified atom stereocenters. The van der Waals surface area contributed by atoms with Crippen molar-refractivity contribution in [3.05, 3.63) is 24.0 Å². The van der Waals surface area contributed by atoms with E-state index >= 15 is 0 Å². The van der Waals surface area contributed by atoms with E-state index in [4.69, 9.17) is 5.11 Å². The van der Waals surface area contributed by atoms with Crippen LogP contribution in [0.3, 0.4) is 0 Å². The first-order valence-corrected chi connectivity index (χ1v) is 5.33. The molecule has 8 heteroatoms. The number of carboxylic acid groups (broad SMARTS) is 1. The molecule has 0 aliphatic rings. The topological polar surface area (TPSA) is 108 Å². The smallest absolute Gasteiger partial charge is 0.337 e. The van der Waals surface area contributed by atoms with E-state index in [9.17, 15) is 13.2 Å². The first-order chi connectivity index (χ1) is 6.96. The second-order valence-corrected chi connectivity index (χ2v) is 4.16. The number of nitrogens with one attached hydrogen (secondary N) is 2. The molecule has 0 amide bonds. The van der Waals surface area contributed by atoms with Crippen LogP contribution in [0.4, 0.5) is 5.69 Å². The zero-order valence-electron chi connectivity index (χ0n) is 7.76. The third-order valence-electron chi connectivity index (χ3n) is 1.56. The van der Waals surface area contributed by atoms with E-state index in [-0.39, 0.29) is 11.3 Å². The van der Waals surface area contributed by atoms with Crippen LogP contribution >= 0.6 is 0 Å². The third kappa shape index (κ3) is 2.89. The van der Waals surface area contributed by atoms with Crippen molar-refractivity contribution in [2.45, 2.75) is 0 Å². The molecule has 0 radical (unpaired) electrons. The van der Waals surface area contributed by atoms with Crippen molar-refractivity contribution in [2.75, 3.05) is 11.8 Å². The van der Waals surface area contributed by atoms with Crippen LogP contribution in [-0.2, 0) is 10.2 Å². The Morgan fingerprint density at radius 2 is 2.20 bits per heavy atom. The van der Waals surface area contributed by atoms with Crippen LogP contribution in [0.1, 0.15) is 10.4 Å². The second-order valence-electron chi connectivity index (χ2n) is 2.54. The number of aromatic carboxylic acids is 1. The molecule has 0 fully saturated rings. The van der Waals surface area contributed by atoms with Crippen LogP contribution in [0, 0.1) is 0 Å². The zero-order chi connectivity index (χ0) is 11.5. The fraction of sp³-hybridized carbons (Fsp3) is 0.143. The minimum atomic E-state index is -3.73. The largest absolute Gasteiger partial charge is 0.478 e. The monoisotopic (exact) mass is 231 g/mol. The number of rotatable bonds is 4. The van der Waals surface area contributed by atoms with Crippen molar-refractivity contribution in [1.82, 2.24) is 9.71 Å². The number of aromatic nitrogens is 1. The highest BCUT2D eigenvalue weighted by Crippen LogP contribution is 2.13. The molecule has 0 saturated carbocycles. The van der Waals surface area contributed by atoms with Gasteiger partial charge in [0.1, 0.15) is 0 Å². The first-order valence-electron chi connectivity index (χ1n) is 3.85. The summed E-state index contributed by atoms with van der Waals surface area (Å²) in [5.41, 5.74) is -0.247. The molecule has 0 aromatic carbocycles. The van der Waals surface area contributed by atoms with Crippen molar-refractivity contribution >= 4 is 21.9 Å². The molecule has 1 rings (SSSR count). The summed E-state index contributed by atoms with van der Waals surface area (Å²) in [6, 6.07) is 1.20. The van der Waals surface area contributed by atoms with Gasteiger partial charge in [-0.3, -0.25) is 9.71 Å². The lowest BCUT2D eigenvalue weighted by Gasteiger charge is -2.07. The molecule has 0 aliphatic heterocycles. The number of pyridine rings is 1. The van der Waals surface area contributed by atoms with Gasteiger partial charge in [-0.2, -0.15) is 8.42 Å². The van der Waals surface area contributed by atoms with Crippen LogP contribution in [0.15, 0.2) is 18.5 Å². The van der Waals surface area contributed by atoms with Gasteiger partial charge in [0.15, 0.2) is 0 Å². The Balaban J connectivity index is 3.10. The van der Waals surface area contributed by atoms with Gasteiger partial charge in [-0.25, -0.2) is 9.52 Å². The number of carboxylic acids is 1. The van der Waals surface area contributed by atoms with Gasteiger partial charge in [-0.05, 0) is 6.07 Å². The highest BCUT2D eigenvalue weighted by Gasteiger charge is 2.14. The fourth-order valence-corrected chi connectivity index (χ4v) is 1.41. The molecule has 1 aromatic rings. The fourth-order valence-electron chi connectivity index (χ4n) is 0.858. The average molecular weight is 231 g/mol. The maximum Gasteiger partial charge on any atom is 0.337 e. The summed E-state index contributed by atoms with van der Waals surface area (Å²) < 4.78 is 26.2. The predicted octanol–water partition coefficient (Wildman–Crippen LogP) is -0.344. The van der Waals surface area contributed by atoms with Gasteiger partial charge < -0.3 is 5.11 Å². The molecule has 1 heterocycles. The Bertz CT molecular complexity index is 471. The average Bonchev–Trinajstić information content (AvgIpc) is 2.18. The Hall–Kier alpha value is -1.67. The van der Waals surface area contributed by atoms with Crippen molar-refractivity contribution in [3.8, 4) is 0 Å². The summed E-state index contributed by atoms with van der Waals surface area (Å²) in [6.45, 7) is 0. The molecule has 7 nitrogen and oxygen atoms in total. The van der Waals surface area contributed by atoms with Crippen molar-refractivity contribution in [1.29, 1.82) is 0 Å². The Morgan fingerprint density at radius 3 is 2.73 bits per heavy atom. The van der Waals surface area contributed by atoms with Gasteiger partial charge >= 0.3 is 5.97 Å². The van der Waals surface area contributed by atoms with E-state index in [2.05, 4.69) is 4.98 Å². The number of nitrogens with zero attached hydrogens (tertiary/aromatic N) is 1. The van der Waals surface area contributed by atoms with Crippen molar-refractivity contribution < 1.29 is 18.3 Å². The summed E-state index contributed by atoms with van der Waals surface area (Å²) >= 11 is 0. The zero-order valence-corrected chi connectivity index (χ0v) is 8.58. The molecular weight excluding hydrogens is 222 g/mol. The lowest BCUT2D eigenvalue weighted by Crippen LogP contribution is -2.27. The van der Waals surface area contributed by atoms with Crippen LogP contribution in [0.5, 0.6) is 0 Å². The summed E-state index contributed by atoms with van der Waals surface area (Å²) in [5.74, 6) is -1.23. The Kier molecular flexibility index (Phi) is 3.22. The van der Waals surface area contributed by atoms with Crippen LogP contribution in [0.25, 0.3) is 0 Å². The first kappa shape index (κ1) is 11.4. The normalized spacial score (nSPS) is 11.0. The van der Waals surface area contributed by atoms with Crippen LogP contribution in [0.2, 0.25) is 0 Å². The molecular formula is C7H9N3O4S. The van der Waals surface area contributed by atoms with E-state index in [1.807, 2.05) is 9.44 Å². The molecule has 1 aromatic heterocycles. The quantitative estimate of drug-likeness (QED) is 0.656. The highest BCUT2D eigenvalue weighted by molar-refractivity contribution is 7.90. The number of anilines is 1. The summed E-state index contributed by atoms with van der Waals surface area (Å²) in [7, 11) is -2.52. The van der Waals surface area contributed by atoms with Gasteiger partial charge in [-0.1, -0.05) is 0 Å². The van der Waals surface area contributed by atoms with E-state index < -0.39 is 16.2 Å². The lowest BCUT2D eigenvalue weighted by molar-refractivity contribution is 0.0698. The van der Waals surface area contributed by atoms with Gasteiger partial charge in [-0.15, -0.1) is 0 Å². The maximum absolute atomic E-state index is 11.1. The van der Waals surface area contributed by atoms with Gasteiger partial charge in [0.05, 0.1) is 17.4 Å². The summed E-state index contributed by atoms with van der Waals surface area (Å²) in [5, 5.41) is 8.75. The standard InChI is InChI=1S/C7H9N3O4S/c1-8-15(13,14)10-6-4-9-3-2-5(6)7(11)12/h2-4,8,10H,1H3,(H,11,12). The van der Waals surface area contributed by atoms with E-state index in [0.29, 0.717) is 0 Å². The number of hydrogen-bond acceptors (Lipinski definition) is 4. The molecule has 0 aliphatic carbocycles. The van der Waals surface area contributed by atoms with Crippen molar-refractivity contribution in [3.63, 3.8) is 0 Å². The molecule has 3 N–H and O–H groups in total. The molecule has 0 spiro atoms. The molecule has 15 heavy (non-hydrogen) atoms. The van der Waals surface area contributed by atoms with Gasteiger partial charge in [0.2, 0.25) is 0 Å². The Labute approximate surface area is 86.3 Å². The van der Waals surface area contributed by atoms with E-state index in [1.165, 1.54) is 19.3 Å². The van der Waals surface area contributed by atoms with E-state index in [0.717, 1.165) is 6.20 Å². The van der Waals surface area contributed by atoms with Crippen molar-refractivity contribution in [2.24, 2.45) is 0 Å². The minimum Gasteiger partial charge on any atom is -0.478 e. The molecule has 82 valence electrons. The lowest BCUT2D eigenvalue weighted by atomic mass is 10.2. The maximum atomic E-state index is 11.1. The van der Waals surface area contributed by atoms with Crippen LogP contribution in [-0.4, -0.2) is 31.5 Å². The van der Waals surface area contributed by atoms with Gasteiger partial charge in [0, 0.05) is 13.2 Å². The molecule has 0 bridgehead atoms. The summed E-state index contributed by atoms with van der Waals surface area (Å²) in [6.07, 6.45) is 2.39. The van der Waals surface area contributed by atoms with Crippen LogP contribution < -0.4 is 9.44 Å². The SMILES string of the molecule is CNS(=O)(=O)Nc1cnccc1C(=O)O. The third-order valence-corrected chi connectivity index (χ3v) is 2.59. The number of hydrogen-bond donors (Lipinski definition) is 3. The number of carbonyl (C=O) groups is 1. The highest BCUT2D eigenvalue weighted by atomic mass is 32.2. The van der Waals surface area contributed by atoms with E-state index in [1.54, 1.807) is 0 Å². The van der Waals surface area contributed by atoms with Gasteiger partial charge in [0.25, 0.3) is 10.2 Å². The second kappa shape index (κ2) is 4.24. The molecule has 0 saturated heterocycles. The Morgan fingerprint density at radius 1 is 1.53 bits per heavy atom.